The van der Waals surface area contributed by atoms with Crippen molar-refractivity contribution in [3.05, 3.63) is 46.4 Å². The van der Waals surface area contributed by atoms with Gasteiger partial charge >= 0.3 is 0 Å². The van der Waals surface area contributed by atoms with Crippen LogP contribution >= 0.6 is 22.9 Å². The van der Waals surface area contributed by atoms with E-state index in [1.165, 1.54) is 22.5 Å². The highest BCUT2D eigenvalue weighted by Crippen LogP contribution is 2.31. The SMILES string of the molecule is Cc1nc(-c2csc(S(=O)(=O)N3CCCC(C(=O)Nc4ccc(F)c(Cl)c4)C3)c2)no1. The molecule has 31 heavy (non-hydrogen) atoms. The Morgan fingerprint density at radius 1 is 1.39 bits per heavy atom. The summed E-state index contributed by atoms with van der Waals surface area (Å²) >= 11 is 6.82. The lowest BCUT2D eigenvalue weighted by Crippen LogP contribution is -2.43. The molecule has 3 aromatic rings. The second-order valence-corrected chi connectivity index (χ2v) is 10.6. The summed E-state index contributed by atoms with van der Waals surface area (Å²) in [4.78, 5) is 16.8. The molecule has 164 valence electrons. The van der Waals surface area contributed by atoms with Gasteiger partial charge in [0.2, 0.25) is 17.6 Å². The van der Waals surface area contributed by atoms with Crippen molar-refractivity contribution in [3.63, 3.8) is 0 Å². The zero-order chi connectivity index (χ0) is 22.2. The van der Waals surface area contributed by atoms with Crippen molar-refractivity contribution >= 4 is 44.6 Å². The second-order valence-electron chi connectivity index (χ2n) is 7.11. The number of nitrogens with zero attached hydrogens (tertiary/aromatic N) is 3. The van der Waals surface area contributed by atoms with Crippen LogP contribution in [0.4, 0.5) is 10.1 Å². The maximum atomic E-state index is 13.3. The normalized spacial score (nSPS) is 17.6. The van der Waals surface area contributed by atoms with Crippen molar-refractivity contribution in [1.82, 2.24) is 14.4 Å². The maximum Gasteiger partial charge on any atom is 0.252 e. The molecule has 1 unspecified atom stereocenters. The zero-order valence-corrected chi connectivity index (χ0v) is 18.7. The number of hydrogen-bond acceptors (Lipinski definition) is 7. The molecule has 2 aromatic heterocycles. The Bertz CT molecular complexity index is 1230. The number of rotatable bonds is 5. The summed E-state index contributed by atoms with van der Waals surface area (Å²) in [6.45, 7) is 2.03. The summed E-state index contributed by atoms with van der Waals surface area (Å²) in [6.07, 6.45) is 1.09. The molecule has 1 amide bonds. The van der Waals surface area contributed by atoms with Crippen LogP contribution in [0.2, 0.25) is 5.02 Å². The number of sulfonamides is 1. The molecule has 1 aliphatic heterocycles. The number of aryl methyl sites for hydroxylation is 1. The van der Waals surface area contributed by atoms with Gasteiger partial charge in [-0.25, -0.2) is 12.8 Å². The highest BCUT2D eigenvalue weighted by Gasteiger charge is 2.34. The fourth-order valence-corrected chi connectivity index (χ4v) is 6.32. The molecule has 3 heterocycles. The van der Waals surface area contributed by atoms with E-state index in [-0.39, 0.29) is 21.7 Å². The highest BCUT2D eigenvalue weighted by atomic mass is 35.5. The van der Waals surface area contributed by atoms with E-state index >= 15 is 0 Å². The molecule has 1 fully saturated rings. The van der Waals surface area contributed by atoms with E-state index in [4.69, 9.17) is 16.1 Å². The van der Waals surface area contributed by atoms with Gasteiger partial charge in [-0.2, -0.15) is 9.29 Å². The van der Waals surface area contributed by atoms with Gasteiger partial charge in [0.25, 0.3) is 10.0 Å². The van der Waals surface area contributed by atoms with E-state index in [1.807, 2.05) is 0 Å². The fraction of sp³-hybridized carbons (Fsp3) is 0.316. The maximum absolute atomic E-state index is 13.3. The minimum absolute atomic E-state index is 0.0532. The van der Waals surface area contributed by atoms with Crippen molar-refractivity contribution in [2.45, 2.75) is 24.0 Å². The van der Waals surface area contributed by atoms with Gasteiger partial charge in [-0.05, 0) is 37.1 Å². The van der Waals surface area contributed by atoms with Gasteiger partial charge in [-0.1, -0.05) is 16.8 Å². The van der Waals surface area contributed by atoms with E-state index in [2.05, 4.69) is 15.5 Å². The number of aromatic nitrogens is 2. The molecule has 0 aliphatic carbocycles. The molecule has 4 rings (SSSR count). The van der Waals surface area contributed by atoms with Crippen LogP contribution in [0.15, 0.2) is 38.4 Å². The molecule has 0 spiro atoms. The Morgan fingerprint density at radius 3 is 2.90 bits per heavy atom. The van der Waals surface area contributed by atoms with Gasteiger partial charge in [0, 0.05) is 36.6 Å². The number of benzene rings is 1. The number of amides is 1. The number of piperidine rings is 1. The van der Waals surface area contributed by atoms with Crippen LogP contribution in [-0.2, 0) is 14.8 Å². The molecule has 1 aromatic carbocycles. The first-order valence-electron chi connectivity index (χ1n) is 9.39. The molecule has 0 bridgehead atoms. The Labute approximate surface area is 187 Å². The Kier molecular flexibility index (Phi) is 6.11. The second kappa shape index (κ2) is 8.65. The Hall–Kier alpha value is -2.34. The van der Waals surface area contributed by atoms with E-state index in [0.717, 1.165) is 17.4 Å². The number of thiophene rings is 1. The summed E-state index contributed by atoms with van der Waals surface area (Å²) in [5, 5.41) is 8.05. The first-order chi connectivity index (χ1) is 14.7. The number of halogens is 2. The van der Waals surface area contributed by atoms with Crippen molar-refractivity contribution in [2.75, 3.05) is 18.4 Å². The van der Waals surface area contributed by atoms with Crippen molar-refractivity contribution in [2.24, 2.45) is 5.92 Å². The third kappa shape index (κ3) is 4.64. The van der Waals surface area contributed by atoms with Crippen LogP contribution in [0.5, 0.6) is 0 Å². The fourth-order valence-electron chi connectivity index (χ4n) is 3.31. The number of anilines is 1. The third-order valence-electron chi connectivity index (χ3n) is 4.90. The summed E-state index contributed by atoms with van der Waals surface area (Å²) in [5.74, 6) is -0.744. The van der Waals surface area contributed by atoms with E-state index in [1.54, 1.807) is 12.3 Å². The van der Waals surface area contributed by atoms with E-state index in [0.29, 0.717) is 42.4 Å². The molecule has 0 saturated carbocycles. The average Bonchev–Trinajstić information content (AvgIpc) is 3.40. The Balaban J connectivity index is 1.47. The van der Waals surface area contributed by atoms with Crippen LogP contribution < -0.4 is 5.32 Å². The third-order valence-corrected chi connectivity index (χ3v) is 8.47. The van der Waals surface area contributed by atoms with Crippen LogP contribution in [0, 0.1) is 18.7 Å². The van der Waals surface area contributed by atoms with Crippen LogP contribution in [0.3, 0.4) is 0 Å². The first kappa shape index (κ1) is 21.9. The summed E-state index contributed by atoms with van der Waals surface area (Å²) in [5.41, 5.74) is 0.912. The van der Waals surface area contributed by atoms with Gasteiger partial charge in [0.1, 0.15) is 10.0 Å². The Morgan fingerprint density at radius 2 is 2.19 bits per heavy atom. The largest absolute Gasteiger partial charge is 0.339 e. The quantitative estimate of drug-likeness (QED) is 0.588. The molecule has 1 N–H and O–H groups in total. The lowest BCUT2D eigenvalue weighted by molar-refractivity contribution is -0.120. The molecule has 0 radical (unpaired) electrons. The van der Waals surface area contributed by atoms with Gasteiger partial charge < -0.3 is 9.84 Å². The zero-order valence-electron chi connectivity index (χ0n) is 16.3. The molecule has 8 nitrogen and oxygen atoms in total. The summed E-state index contributed by atoms with van der Waals surface area (Å²) < 4.78 is 46.0. The van der Waals surface area contributed by atoms with Gasteiger partial charge in [-0.15, -0.1) is 11.3 Å². The smallest absolute Gasteiger partial charge is 0.252 e. The predicted octanol–water partition coefficient (Wildman–Crippen LogP) is 3.94. The molecule has 12 heteroatoms. The number of carbonyl (C=O) groups is 1. The van der Waals surface area contributed by atoms with Crippen molar-refractivity contribution in [3.8, 4) is 11.4 Å². The van der Waals surface area contributed by atoms with Gasteiger partial charge in [0.05, 0.1) is 10.9 Å². The minimum atomic E-state index is -3.78. The number of nitrogens with one attached hydrogen (secondary N) is 1. The van der Waals surface area contributed by atoms with Crippen LogP contribution in [0.25, 0.3) is 11.4 Å². The van der Waals surface area contributed by atoms with Crippen LogP contribution in [0.1, 0.15) is 18.7 Å². The van der Waals surface area contributed by atoms with Gasteiger partial charge in [-0.3, -0.25) is 4.79 Å². The molecule has 1 atom stereocenters. The highest BCUT2D eigenvalue weighted by molar-refractivity contribution is 7.91. The lowest BCUT2D eigenvalue weighted by atomic mass is 9.99. The van der Waals surface area contributed by atoms with E-state index in [9.17, 15) is 17.6 Å². The van der Waals surface area contributed by atoms with Gasteiger partial charge in [0.15, 0.2) is 0 Å². The first-order valence-corrected chi connectivity index (χ1v) is 12.1. The standard InChI is InChI=1S/C19H18ClFN4O4S2/c1-11-22-18(24-29-11)13-7-17(30-10-13)31(27,28)25-6-2-3-12(9-25)19(26)23-14-4-5-16(21)15(20)8-14/h4-5,7-8,10,12H,2-3,6,9H2,1H3,(H,23,26). The number of carbonyl (C=O) groups excluding carboxylic acids is 1. The topological polar surface area (TPSA) is 105 Å². The molecular formula is C19H18ClFN4O4S2. The van der Waals surface area contributed by atoms with Crippen molar-refractivity contribution < 1.29 is 22.1 Å². The van der Waals surface area contributed by atoms with Crippen molar-refractivity contribution in [1.29, 1.82) is 0 Å². The summed E-state index contributed by atoms with van der Waals surface area (Å²) in [6, 6.07) is 5.39. The molecular weight excluding hydrogens is 467 g/mol. The average molecular weight is 485 g/mol. The molecule has 1 aliphatic rings. The van der Waals surface area contributed by atoms with E-state index < -0.39 is 21.8 Å². The van der Waals surface area contributed by atoms with Crippen LogP contribution in [-0.4, -0.2) is 41.9 Å². The monoisotopic (exact) mass is 484 g/mol. The minimum Gasteiger partial charge on any atom is -0.339 e. The number of hydrogen-bond donors (Lipinski definition) is 1. The summed E-state index contributed by atoms with van der Waals surface area (Å²) in [7, 11) is -3.78. The molecule has 1 saturated heterocycles. The lowest BCUT2D eigenvalue weighted by Gasteiger charge is -2.30. The predicted molar refractivity (Wildman–Crippen MR) is 114 cm³/mol.